The van der Waals surface area contributed by atoms with Crippen LogP contribution in [0.25, 0.3) is 0 Å². The van der Waals surface area contributed by atoms with Gasteiger partial charge in [-0.05, 0) is 20.3 Å². The molecule has 2 heterocycles. The average molecular weight is 291 g/mol. The van der Waals surface area contributed by atoms with E-state index in [4.69, 9.17) is 4.74 Å². The topological polar surface area (TPSA) is 35.0 Å². The highest BCUT2D eigenvalue weighted by molar-refractivity contribution is 9.09. The van der Waals surface area contributed by atoms with Crippen molar-refractivity contribution in [1.29, 1.82) is 0 Å². The van der Waals surface area contributed by atoms with Crippen molar-refractivity contribution in [2.75, 3.05) is 11.9 Å². The number of alkyl halides is 1. The third kappa shape index (κ3) is 2.24. The Hall–Kier alpha value is -0.0000000000000000555. The van der Waals surface area contributed by atoms with Crippen LogP contribution in [0.3, 0.4) is 0 Å². The molecule has 2 atom stereocenters. The monoisotopic (exact) mass is 290 g/mol. The van der Waals surface area contributed by atoms with Crippen LogP contribution in [0.1, 0.15) is 23.4 Å². The van der Waals surface area contributed by atoms with Crippen molar-refractivity contribution in [3.63, 3.8) is 0 Å². The summed E-state index contributed by atoms with van der Waals surface area (Å²) in [4.78, 5) is 0. The molecule has 0 amide bonds. The molecule has 5 heteroatoms. The zero-order chi connectivity index (χ0) is 10.9. The Morgan fingerprint density at radius 3 is 2.87 bits per heavy atom. The molecule has 1 aromatic heterocycles. The highest BCUT2D eigenvalue weighted by Gasteiger charge is 2.41. The Bertz CT molecular complexity index is 344. The molecular weight excluding hydrogens is 276 g/mol. The maximum Gasteiger partial charge on any atom is 0.118 e. The molecule has 0 N–H and O–H groups in total. The van der Waals surface area contributed by atoms with Crippen LogP contribution in [-0.4, -0.2) is 28.2 Å². The molecule has 0 bridgehead atoms. The molecule has 1 saturated heterocycles. The third-order valence-corrected chi connectivity index (χ3v) is 5.12. The van der Waals surface area contributed by atoms with E-state index < -0.39 is 0 Å². The first-order valence-electron chi connectivity index (χ1n) is 5.13. The van der Waals surface area contributed by atoms with Gasteiger partial charge >= 0.3 is 0 Å². The van der Waals surface area contributed by atoms with Crippen molar-refractivity contribution >= 4 is 27.3 Å². The van der Waals surface area contributed by atoms with E-state index in [-0.39, 0.29) is 5.41 Å². The smallest absolute Gasteiger partial charge is 0.118 e. The number of nitrogens with zero attached hydrogens (tertiary/aromatic N) is 2. The predicted molar refractivity (Wildman–Crippen MR) is 64.6 cm³/mol. The van der Waals surface area contributed by atoms with Crippen LogP contribution in [0.4, 0.5) is 0 Å². The molecule has 0 radical (unpaired) electrons. The van der Waals surface area contributed by atoms with Gasteiger partial charge in [0.25, 0.3) is 0 Å². The number of aromatic nitrogens is 2. The molecule has 1 fully saturated rings. The maximum absolute atomic E-state index is 5.67. The molecule has 1 aliphatic heterocycles. The fourth-order valence-electron chi connectivity index (χ4n) is 1.98. The lowest BCUT2D eigenvalue weighted by Crippen LogP contribution is -2.32. The molecule has 0 spiro atoms. The minimum atomic E-state index is 0.214. The Labute approximate surface area is 102 Å². The molecule has 1 aromatic rings. The van der Waals surface area contributed by atoms with Gasteiger partial charge in [0.2, 0.25) is 0 Å². The average Bonchev–Trinajstić information content (AvgIpc) is 2.76. The predicted octanol–water partition coefficient (Wildman–Crippen LogP) is 2.58. The first-order valence-corrected chi connectivity index (χ1v) is 7.07. The zero-order valence-corrected chi connectivity index (χ0v) is 11.4. The zero-order valence-electron chi connectivity index (χ0n) is 8.99. The van der Waals surface area contributed by atoms with Gasteiger partial charge in [-0.15, -0.1) is 21.5 Å². The summed E-state index contributed by atoms with van der Waals surface area (Å²) in [6.07, 6.45) is 2.39. The van der Waals surface area contributed by atoms with Crippen molar-refractivity contribution < 1.29 is 4.74 Å². The molecule has 84 valence electrons. The van der Waals surface area contributed by atoms with Gasteiger partial charge in [-0.25, -0.2) is 0 Å². The number of hydrogen-bond acceptors (Lipinski definition) is 4. The van der Waals surface area contributed by atoms with E-state index in [0.29, 0.717) is 6.10 Å². The fraction of sp³-hybridized carbons (Fsp3) is 0.800. The van der Waals surface area contributed by atoms with Crippen LogP contribution < -0.4 is 0 Å². The van der Waals surface area contributed by atoms with E-state index in [9.17, 15) is 0 Å². The van der Waals surface area contributed by atoms with Gasteiger partial charge in [-0.3, -0.25) is 0 Å². The van der Waals surface area contributed by atoms with E-state index in [2.05, 4.69) is 33.1 Å². The second kappa shape index (κ2) is 4.47. The second-order valence-electron chi connectivity index (χ2n) is 4.15. The largest absolute Gasteiger partial charge is 0.378 e. The van der Waals surface area contributed by atoms with Gasteiger partial charge in [0.1, 0.15) is 10.0 Å². The van der Waals surface area contributed by atoms with Crippen LogP contribution in [0.5, 0.6) is 0 Å². The van der Waals surface area contributed by atoms with Crippen molar-refractivity contribution in [1.82, 2.24) is 10.2 Å². The van der Waals surface area contributed by atoms with E-state index >= 15 is 0 Å². The van der Waals surface area contributed by atoms with Crippen LogP contribution in [-0.2, 0) is 11.2 Å². The summed E-state index contributed by atoms with van der Waals surface area (Å²) >= 11 is 5.31. The van der Waals surface area contributed by atoms with Crippen LogP contribution in [0, 0.1) is 12.3 Å². The van der Waals surface area contributed by atoms with E-state index in [1.54, 1.807) is 11.3 Å². The Kier molecular flexibility index (Phi) is 3.42. The van der Waals surface area contributed by atoms with Gasteiger partial charge in [0.15, 0.2) is 0 Å². The SMILES string of the molecule is Cc1nnc(CC2(CBr)CCOC2C)s1. The van der Waals surface area contributed by atoms with Crippen LogP contribution in [0.15, 0.2) is 0 Å². The van der Waals surface area contributed by atoms with Gasteiger partial charge in [-0.1, -0.05) is 15.9 Å². The van der Waals surface area contributed by atoms with Crippen LogP contribution >= 0.6 is 27.3 Å². The summed E-state index contributed by atoms with van der Waals surface area (Å²) in [6.45, 7) is 5.02. The Balaban J connectivity index is 2.14. The van der Waals surface area contributed by atoms with Gasteiger partial charge in [0.05, 0.1) is 6.10 Å². The normalized spacial score (nSPS) is 31.0. The van der Waals surface area contributed by atoms with Crippen molar-refractivity contribution in [3.05, 3.63) is 10.0 Å². The van der Waals surface area contributed by atoms with Crippen LogP contribution in [0.2, 0.25) is 0 Å². The molecule has 0 aromatic carbocycles. The Morgan fingerprint density at radius 2 is 2.40 bits per heavy atom. The molecular formula is C10H15BrN2OS. The first-order chi connectivity index (χ1) is 7.16. The van der Waals surface area contributed by atoms with E-state index in [1.807, 2.05) is 6.92 Å². The quantitative estimate of drug-likeness (QED) is 0.803. The molecule has 2 rings (SSSR count). The summed E-state index contributed by atoms with van der Waals surface area (Å²) in [5, 5.41) is 11.4. The highest BCUT2D eigenvalue weighted by atomic mass is 79.9. The lowest BCUT2D eigenvalue weighted by Gasteiger charge is -2.28. The second-order valence-corrected chi connectivity index (χ2v) is 5.98. The minimum absolute atomic E-state index is 0.214. The summed E-state index contributed by atoms with van der Waals surface area (Å²) < 4.78 is 5.67. The first kappa shape index (κ1) is 11.5. The summed E-state index contributed by atoms with van der Waals surface area (Å²) in [7, 11) is 0. The number of rotatable bonds is 3. The Morgan fingerprint density at radius 1 is 1.60 bits per heavy atom. The van der Waals surface area contributed by atoms with Crippen molar-refractivity contribution in [2.24, 2.45) is 5.41 Å². The standard InChI is InChI=1S/C10H15BrN2OS/c1-7-10(6-11,3-4-14-7)5-9-13-12-8(2)15-9/h7H,3-6H2,1-2H3. The van der Waals surface area contributed by atoms with Gasteiger partial charge < -0.3 is 4.74 Å². The molecule has 0 aliphatic carbocycles. The fourth-order valence-corrected chi connectivity index (χ4v) is 3.78. The number of aryl methyl sites for hydroxylation is 1. The minimum Gasteiger partial charge on any atom is -0.378 e. The van der Waals surface area contributed by atoms with E-state index in [1.165, 1.54) is 0 Å². The number of hydrogen-bond donors (Lipinski definition) is 0. The lowest BCUT2D eigenvalue weighted by atomic mass is 9.81. The molecule has 1 aliphatic rings. The van der Waals surface area contributed by atoms with Gasteiger partial charge in [-0.2, -0.15) is 0 Å². The summed E-state index contributed by atoms with van der Waals surface area (Å²) in [5.74, 6) is 0. The number of ether oxygens (including phenoxy) is 1. The van der Waals surface area contributed by atoms with Crippen molar-refractivity contribution in [2.45, 2.75) is 32.8 Å². The highest BCUT2D eigenvalue weighted by Crippen LogP contribution is 2.40. The molecule has 15 heavy (non-hydrogen) atoms. The summed E-state index contributed by atoms with van der Waals surface area (Å²) in [5.41, 5.74) is 0.214. The van der Waals surface area contributed by atoms with E-state index in [0.717, 1.165) is 34.8 Å². The lowest BCUT2D eigenvalue weighted by molar-refractivity contribution is 0.0745. The molecule has 3 nitrogen and oxygen atoms in total. The van der Waals surface area contributed by atoms with Gasteiger partial charge in [0, 0.05) is 23.8 Å². The maximum atomic E-state index is 5.67. The third-order valence-electron chi connectivity index (χ3n) is 3.17. The van der Waals surface area contributed by atoms with Crippen molar-refractivity contribution in [3.8, 4) is 0 Å². The summed E-state index contributed by atoms with van der Waals surface area (Å²) in [6, 6.07) is 0. The molecule has 2 unspecified atom stereocenters. The number of halogens is 1. The molecule has 0 saturated carbocycles.